The molecule has 3 aliphatic heterocycles. The third-order valence-corrected chi connectivity index (χ3v) is 8.81. The fourth-order valence-corrected chi connectivity index (χ4v) is 7.29. The molecule has 2 N–H and O–H groups in total. The van der Waals surface area contributed by atoms with E-state index in [0.717, 1.165) is 50.9 Å². The van der Waals surface area contributed by atoms with Gasteiger partial charge in [0.15, 0.2) is 0 Å². The molecule has 7 heteroatoms. The van der Waals surface area contributed by atoms with Crippen molar-refractivity contribution in [3.63, 3.8) is 0 Å². The summed E-state index contributed by atoms with van der Waals surface area (Å²) in [5.41, 5.74) is 8.27. The van der Waals surface area contributed by atoms with E-state index < -0.39 is 10.0 Å². The molecule has 0 spiro atoms. The lowest BCUT2D eigenvalue weighted by Crippen LogP contribution is -2.57. The van der Waals surface area contributed by atoms with Gasteiger partial charge in [-0.15, -0.1) is 0 Å². The first-order chi connectivity index (χ1) is 13.5. The zero-order chi connectivity index (χ0) is 19.7. The first kappa shape index (κ1) is 20.1. The predicted octanol–water partition coefficient (Wildman–Crippen LogP) is 2.15. The van der Waals surface area contributed by atoms with Crippen molar-refractivity contribution in [2.45, 2.75) is 50.6 Å². The molecule has 0 radical (unpaired) electrons. The van der Waals surface area contributed by atoms with Gasteiger partial charge < -0.3 is 10.5 Å². The van der Waals surface area contributed by atoms with Crippen molar-refractivity contribution in [1.29, 1.82) is 0 Å². The Kier molecular flexibility index (Phi) is 5.97. The van der Waals surface area contributed by atoms with Crippen LogP contribution in [0, 0.1) is 5.92 Å². The maximum absolute atomic E-state index is 13.1. The molecule has 2 saturated heterocycles. The molecule has 3 aliphatic rings. The number of ether oxygens (including phenoxy) is 1. The smallest absolute Gasteiger partial charge is 0.214 e. The zero-order valence-electron chi connectivity index (χ0n) is 16.8. The van der Waals surface area contributed by atoms with Gasteiger partial charge in [0.1, 0.15) is 5.75 Å². The molecule has 0 aliphatic carbocycles. The van der Waals surface area contributed by atoms with Crippen molar-refractivity contribution in [2.75, 3.05) is 39.0 Å². The highest BCUT2D eigenvalue weighted by Crippen LogP contribution is 2.44. The summed E-state index contributed by atoms with van der Waals surface area (Å²) in [7, 11) is -1.51. The Labute approximate surface area is 169 Å². The van der Waals surface area contributed by atoms with Gasteiger partial charge in [0.2, 0.25) is 10.0 Å². The van der Waals surface area contributed by atoms with E-state index >= 15 is 0 Å². The highest BCUT2D eigenvalue weighted by atomic mass is 32.2. The molecule has 28 heavy (non-hydrogen) atoms. The van der Waals surface area contributed by atoms with Crippen LogP contribution in [0.1, 0.15) is 49.3 Å². The van der Waals surface area contributed by atoms with Crippen LogP contribution in [-0.2, 0) is 16.4 Å². The van der Waals surface area contributed by atoms with E-state index in [2.05, 4.69) is 17.0 Å². The Morgan fingerprint density at radius 3 is 2.89 bits per heavy atom. The van der Waals surface area contributed by atoms with Crippen LogP contribution in [0.15, 0.2) is 18.2 Å². The summed E-state index contributed by atoms with van der Waals surface area (Å²) >= 11 is 0. The van der Waals surface area contributed by atoms with E-state index in [-0.39, 0.29) is 11.8 Å². The standard InChI is InChI=1S/C21H33N3O3S/c1-27-18-6-7-19-16(13-18)8-11-23-15-17-5-4-10-24(20(17)14-21(19)23)28(25,26)12-3-2-9-22/h6-7,13,17,20-21H,2-5,8-12,14-15,22H2,1H3/t17-,20+,21+/m1/s1. The second-order valence-electron chi connectivity index (χ2n) is 8.45. The summed E-state index contributed by atoms with van der Waals surface area (Å²) in [6, 6.07) is 6.83. The lowest BCUT2D eigenvalue weighted by Gasteiger charge is -2.51. The molecule has 0 unspecified atom stereocenters. The average Bonchev–Trinajstić information content (AvgIpc) is 2.71. The van der Waals surface area contributed by atoms with E-state index in [0.29, 0.717) is 31.5 Å². The minimum Gasteiger partial charge on any atom is -0.497 e. The first-order valence-electron chi connectivity index (χ1n) is 10.6. The van der Waals surface area contributed by atoms with E-state index in [1.54, 1.807) is 7.11 Å². The number of hydrogen-bond acceptors (Lipinski definition) is 5. The lowest BCUT2D eigenvalue weighted by molar-refractivity contribution is 0.0219. The molecule has 1 aromatic rings. The minimum absolute atomic E-state index is 0.130. The number of fused-ring (bicyclic) bond motifs is 4. The summed E-state index contributed by atoms with van der Waals surface area (Å²) in [5, 5.41) is 0. The van der Waals surface area contributed by atoms with Crippen molar-refractivity contribution < 1.29 is 13.2 Å². The predicted molar refractivity (Wildman–Crippen MR) is 111 cm³/mol. The third kappa shape index (κ3) is 3.82. The molecule has 1 aromatic carbocycles. The quantitative estimate of drug-likeness (QED) is 0.731. The van der Waals surface area contributed by atoms with Gasteiger partial charge in [-0.25, -0.2) is 8.42 Å². The Hall–Kier alpha value is -1.15. The molecular formula is C21H33N3O3S. The molecule has 0 amide bonds. The van der Waals surface area contributed by atoms with Crippen LogP contribution in [0.3, 0.4) is 0 Å². The number of unbranched alkanes of at least 4 members (excludes halogenated alkanes) is 1. The number of nitrogens with zero attached hydrogens (tertiary/aromatic N) is 2. The van der Waals surface area contributed by atoms with Crippen LogP contribution in [0.25, 0.3) is 0 Å². The number of sulfonamides is 1. The third-order valence-electron chi connectivity index (χ3n) is 6.83. The number of hydrogen-bond donors (Lipinski definition) is 1. The van der Waals surface area contributed by atoms with Gasteiger partial charge in [-0.05, 0) is 74.2 Å². The van der Waals surface area contributed by atoms with Crippen LogP contribution in [0.5, 0.6) is 5.75 Å². The summed E-state index contributed by atoms with van der Waals surface area (Å²) in [5.74, 6) is 1.59. The summed E-state index contributed by atoms with van der Waals surface area (Å²) in [6.45, 7) is 3.29. The van der Waals surface area contributed by atoms with Crippen LogP contribution < -0.4 is 10.5 Å². The molecular weight excluding hydrogens is 374 g/mol. The van der Waals surface area contributed by atoms with Crippen molar-refractivity contribution in [2.24, 2.45) is 11.7 Å². The fraction of sp³-hybridized carbons (Fsp3) is 0.714. The topological polar surface area (TPSA) is 75.9 Å². The molecule has 0 bridgehead atoms. The molecule has 0 aromatic heterocycles. The molecule has 2 fully saturated rings. The Balaban J connectivity index is 1.57. The van der Waals surface area contributed by atoms with E-state index in [4.69, 9.17) is 10.5 Å². The van der Waals surface area contributed by atoms with Gasteiger partial charge in [-0.3, -0.25) is 4.90 Å². The van der Waals surface area contributed by atoms with Crippen LogP contribution in [0.4, 0.5) is 0 Å². The Bertz CT molecular complexity index is 798. The zero-order valence-corrected chi connectivity index (χ0v) is 17.7. The highest BCUT2D eigenvalue weighted by molar-refractivity contribution is 7.89. The van der Waals surface area contributed by atoms with Gasteiger partial charge in [0.05, 0.1) is 12.9 Å². The molecule has 6 nitrogen and oxygen atoms in total. The molecule has 0 saturated carbocycles. The monoisotopic (exact) mass is 407 g/mol. The second kappa shape index (κ2) is 8.30. The largest absolute Gasteiger partial charge is 0.497 e. The SMILES string of the molecule is COc1ccc2c(c1)CCN1C[C@H]3CCCN(S(=O)(=O)CCCCN)[C@H]3C[C@@H]21. The van der Waals surface area contributed by atoms with E-state index in [9.17, 15) is 8.42 Å². The maximum atomic E-state index is 13.1. The van der Waals surface area contributed by atoms with E-state index in [1.165, 1.54) is 11.1 Å². The van der Waals surface area contributed by atoms with Gasteiger partial charge >= 0.3 is 0 Å². The number of methoxy groups -OCH3 is 1. The van der Waals surface area contributed by atoms with Gasteiger partial charge in [0.25, 0.3) is 0 Å². The van der Waals surface area contributed by atoms with Gasteiger partial charge in [-0.1, -0.05) is 6.07 Å². The summed E-state index contributed by atoms with van der Waals surface area (Å²) in [4.78, 5) is 2.58. The first-order valence-corrected chi connectivity index (χ1v) is 12.2. The molecule has 3 heterocycles. The molecule has 156 valence electrons. The van der Waals surface area contributed by atoms with Crippen molar-refractivity contribution >= 4 is 10.0 Å². The van der Waals surface area contributed by atoms with Crippen molar-refractivity contribution in [3.8, 4) is 5.75 Å². The second-order valence-corrected chi connectivity index (χ2v) is 10.5. The lowest BCUT2D eigenvalue weighted by atomic mass is 9.77. The Morgan fingerprint density at radius 1 is 1.25 bits per heavy atom. The summed E-state index contributed by atoms with van der Waals surface area (Å²) < 4.78 is 33.4. The Morgan fingerprint density at radius 2 is 2.11 bits per heavy atom. The summed E-state index contributed by atoms with van der Waals surface area (Å²) in [6.07, 6.45) is 5.49. The highest BCUT2D eigenvalue weighted by Gasteiger charge is 2.45. The molecule has 4 rings (SSSR count). The maximum Gasteiger partial charge on any atom is 0.214 e. The number of piperidine rings is 2. The number of rotatable bonds is 6. The number of benzene rings is 1. The minimum atomic E-state index is -3.21. The van der Waals surface area contributed by atoms with Crippen LogP contribution in [-0.4, -0.2) is 62.7 Å². The average molecular weight is 408 g/mol. The van der Waals surface area contributed by atoms with Crippen molar-refractivity contribution in [1.82, 2.24) is 9.21 Å². The van der Waals surface area contributed by atoms with Gasteiger partial charge in [0, 0.05) is 31.7 Å². The van der Waals surface area contributed by atoms with Gasteiger partial charge in [-0.2, -0.15) is 4.31 Å². The fourth-order valence-electron chi connectivity index (χ4n) is 5.41. The van der Waals surface area contributed by atoms with Crippen LogP contribution >= 0.6 is 0 Å². The normalized spacial score (nSPS) is 28.3. The van der Waals surface area contributed by atoms with Crippen LogP contribution in [0.2, 0.25) is 0 Å². The van der Waals surface area contributed by atoms with E-state index in [1.807, 2.05) is 10.4 Å². The van der Waals surface area contributed by atoms with Crippen molar-refractivity contribution in [3.05, 3.63) is 29.3 Å². The number of nitrogens with two attached hydrogens (primary N) is 1. The molecule has 3 atom stereocenters.